The van der Waals surface area contributed by atoms with Crippen LogP contribution >= 0.6 is 0 Å². The van der Waals surface area contributed by atoms with Gasteiger partial charge in [-0.3, -0.25) is 9.69 Å². The van der Waals surface area contributed by atoms with Crippen molar-refractivity contribution in [2.75, 3.05) is 18.1 Å². The van der Waals surface area contributed by atoms with Crippen LogP contribution in [0.1, 0.15) is 24.0 Å². The Balaban J connectivity index is 1.32. The third-order valence-corrected chi connectivity index (χ3v) is 6.45. The quantitative estimate of drug-likeness (QED) is 0.585. The number of alkyl carbamates (subject to hydrolysis) is 1. The van der Waals surface area contributed by atoms with Gasteiger partial charge in [-0.15, -0.1) is 0 Å². The van der Waals surface area contributed by atoms with Crippen LogP contribution in [-0.4, -0.2) is 48.4 Å². The minimum Gasteiger partial charge on any atom is -0.489 e. The number of fused-ring (bicyclic) bond motifs is 4. The summed E-state index contributed by atoms with van der Waals surface area (Å²) in [7, 11) is 0. The van der Waals surface area contributed by atoms with Gasteiger partial charge in [0.2, 0.25) is 0 Å². The Morgan fingerprint density at radius 2 is 1.63 bits per heavy atom. The van der Waals surface area contributed by atoms with Gasteiger partial charge >= 0.3 is 12.1 Å². The van der Waals surface area contributed by atoms with E-state index < -0.39 is 30.1 Å². The van der Waals surface area contributed by atoms with E-state index in [0.29, 0.717) is 11.4 Å². The van der Waals surface area contributed by atoms with Crippen LogP contribution in [0.2, 0.25) is 0 Å². The molecule has 0 aromatic heterocycles. The summed E-state index contributed by atoms with van der Waals surface area (Å²) in [6, 6.07) is 20.4. The van der Waals surface area contributed by atoms with Gasteiger partial charge in [0, 0.05) is 5.92 Å². The highest BCUT2D eigenvalue weighted by atomic mass is 16.5. The van der Waals surface area contributed by atoms with E-state index in [1.165, 1.54) is 6.92 Å². The van der Waals surface area contributed by atoms with Crippen molar-refractivity contribution in [1.29, 1.82) is 0 Å². The van der Waals surface area contributed by atoms with Crippen LogP contribution in [0.4, 0.5) is 10.5 Å². The summed E-state index contributed by atoms with van der Waals surface area (Å²) >= 11 is 0. The Hall–Kier alpha value is -4.33. The molecule has 178 valence electrons. The topological polar surface area (TPSA) is 105 Å². The van der Waals surface area contributed by atoms with Gasteiger partial charge in [0.25, 0.3) is 5.91 Å². The van der Waals surface area contributed by atoms with Crippen LogP contribution in [0.5, 0.6) is 5.75 Å². The first-order valence-electron chi connectivity index (χ1n) is 11.3. The number of carboxylic acid groups (broad SMARTS) is 1. The number of nitrogens with zero attached hydrogens (tertiary/aromatic N) is 1. The number of amides is 2. The number of aliphatic carboxylic acids is 1. The van der Waals surface area contributed by atoms with Crippen molar-refractivity contribution >= 4 is 23.7 Å². The molecule has 5 rings (SSSR count). The van der Waals surface area contributed by atoms with E-state index in [1.54, 1.807) is 24.3 Å². The molecule has 0 saturated carbocycles. The van der Waals surface area contributed by atoms with E-state index in [1.807, 2.05) is 48.5 Å². The molecule has 0 radical (unpaired) electrons. The Labute approximate surface area is 202 Å². The number of anilines is 1. The number of benzene rings is 3. The number of carbonyl (C=O) groups is 3. The lowest BCUT2D eigenvalue weighted by Crippen LogP contribution is -2.54. The van der Waals surface area contributed by atoms with E-state index >= 15 is 0 Å². The van der Waals surface area contributed by atoms with E-state index in [9.17, 15) is 19.5 Å². The zero-order chi connectivity index (χ0) is 24.5. The summed E-state index contributed by atoms with van der Waals surface area (Å²) in [6.45, 7) is 1.35. The van der Waals surface area contributed by atoms with E-state index in [-0.39, 0.29) is 19.1 Å². The molecule has 3 aromatic rings. The summed E-state index contributed by atoms with van der Waals surface area (Å²) in [5.74, 6) is -1.51. The molecule has 1 heterocycles. The van der Waals surface area contributed by atoms with Crippen molar-refractivity contribution in [2.24, 2.45) is 0 Å². The molecule has 2 aliphatic rings. The molecule has 1 aliphatic carbocycles. The fourth-order valence-electron chi connectivity index (χ4n) is 4.70. The first-order chi connectivity index (χ1) is 17.0. The van der Waals surface area contributed by atoms with Crippen LogP contribution in [0.25, 0.3) is 11.1 Å². The van der Waals surface area contributed by atoms with Crippen LogP contribution in [-0.2, 0) is 14.3 Å². The standard InChI is InChI=1S/C27H24N2O6/c1-16(26(31)32)29-23-12-6-7-13-24(23)34-15-22(25(29)30)28-27(33)35-14-21-19-10-4-2-8-17(19)18-9-3-5-11-20(18)21/h2-13,16,21-22H,14-15H2,1H3,(H,28,33)(H,31,32). The van der Waals surface area contributed by atoms with Gasteiger partial charge in [-0.1, -0.05) is 60.7 Å². The number of para-hydroxylation sites is 2. The highest BCUT2D eigenvalue weighted by Gasteiger charge is 2.38. The fourth-order valence-corrected chi connectivity index (χ4v) is 4.70. The lowest BCUT2D eigenvalue weighted by Gasteiger charge is -2.28. The second kappa shape index (κ2) is 9.13. The molecule has 0 spiro atoms. The van der Waals surface area contributed by atoms with Crippen molar-refractivity contribution in [1.82, 2.24) is 5.32 Å². The summed E-state index contributed by atoms with van der Waals surface area (Å²) in [5, 5.41) is 12.1. The molecule has 0 saturated heterocycles. The molecule has 8 heteroatoms. The van der Waals surface area contributed by atoms with Crippen molar-refractivity contribution in [3.8, 4) is 16.9 Å². The number of ether oxygens (including phenoxy) is 2. The van der Waals surface area contributed by atoms with E-state index in [4.69, 9.17) is 9.47 Å². The van der Waals surface area contributed by atoms with Gasteiger partial charge in [-0.05, 0) is 41.3 Å². The summed E-state index contributed by atoms with van der Waals surface area (Å²) < 4.78 is 11.3. The van der Waals surface area contributed by atoms with Crippen LogP contribution in [0, 0.1) is 0 Å². The number of carbonyl (C=O) groups excluding carboxylic acids is 2. The average molecular weight is 472 g/mol. The molecule has 2 amide bonds. The van der Waals surface area contributed by atoms with E-state index in [0.717, 1.165) is 27.2 Å². The normalized spacial score (nSPS) is 17.3. The maximum absolute atomic E-state index is 13.3. The maximum atomic E-state index is 13.3. The highest BCUT2D eigenvalue weighted by Crippen LogP contribution is 2.44. The zero-order valence-corrected chi connectivity index (χ0v) is 19.0. The van der Waals surface area contributed by atoms with Gasteiger partial charge in [0.05, 0.1) is 5.69 Å². The lowest BCUT2D eigenvalue weighted by molar-refractivity contribution is -0.139. The van der Waals surface area contributed by atoms with Crippen molar-refractivity contribution < 1.29 is 29.0 Å². The molecular weight excluding hydrogens is 448 g/mol. The molecule has 3 aromatic carbocycles. The number of rotatable bonds is 5. The zero-order valence-electron chi connectivity index (χ0n) is 19.0. The van der Waals surface area contributed by atoms with Gasteiger partial charge in [-0.25, -0.2) is 9.59 Å². The Morgan fingerprint density at radius 1 is 1.03 bits per heavy atom. The summed E-state index contributed by atoms with van der Waals surface area (Å²) in [5.41, 5.74) is 4.71. The highest BCUT2D eigenvalue weighted by molar-refractivity contribution is 6.04. The molecule has 2 atom stereocenters. The largest absolute Gasteiger partial charge is 0.489 e. The molecule has 2 N–H and O–H groups in total. The third-order valence-electron chi connectivity index (χ3n) is 6.45. The third kappa shape index (κ3) is 4.07. The molecular formula is C27H24N2O6. The van der Waals surface area contributed by atoms with Gasteiger partial charge < -0.3 is 19.9 Å². The van der Waals surface area contributed by atoms with E-state index in [2.05, 4.69) is 5.32 Å². The predicted molar refractivity (Wildman–Crippen MR) is 129 cm³/mol. The number of nitrogens with one attached hydrogen (secondary N) is 1. The minimum absolute atomic E-state index is 0.0943. The van der Waals surface area contributed by atoms with Crippen LogP contribution < -0.4 is 15.0 Å². The fraction of sp³-hybridized carbons (Fsp3) is 0.222. The maximum Gasteiger partial charge on any atom is 0.407 e. The molecule has 0 fully saturated rings. The number of hydrogen-bond acceptors (Lipinski definition) is 5. The predicted octanol–water partition coefficient (Wildman–Crippen LogP) is 3.79. The van der Waals surface area contributed by atoms with Crippen LogP contribution in [0.15, 0.2) is 72.8 Å². The van der Waals surface area contributed by atoms with Crippen LogP contribution in [0.3, 0.4) is 0 Å². The Morgan fingerprint density at radius 3 is 2.29 bits per heavy atom. The van der Waals surface area contributed by atoms with Gasteiger partial charge in [-0.2, -0.15) is 0 Å². The molecule has 1 aliphatic heterocycles. The Kier molecular flexibility index (Phi) is 5.86. The summed E-state index contributed by atoms with van der Waals surface area (Å²) in [4.78, 5) is 38.9. The second-order valence-corrected chi connectivity index (χ2v) is 8.52. The number of hydrogen-bond donors (Lipinski definition) is 2. The number of carboxylic acids is 1. The molecule has 0 bridgehead atoms. The average Bonchev–Trinajstić information content (AvgIpc) is 3.12. The summed E-state index contributed by atoms with van der Waals surface area (Å²) in [6.07, 6.45) is -0.775. The van der Waals surface area contributed by atoms with Crippen molar-refractivity contribution in [2.45, 2.75) is 24.9 Å². The van der Waals surface area contributed by atoms with Gasteiger partial charge in [0.15, 0.2) is 0 Å². The lowest BCUT2D eigenvalue weighted by atomic mass is 9.98. The molecule has 8 nitrogen and oxygen atoms in total. The van der Waals surface area contributed by atoms with Gasteiger partial charge in [0.1, 0.15) is 31.0 Å². The first-order valence-corrected chi connectivity index (χ1v) is 11.3. The monoisotopic (exact) mass is 472 g/mol. The molecule has 35 heavy (non-hydrogen) atoms. The second-order valence-electron chi connectivity index (χ2n) is 8.52. The SMILES string of the molecule is CC(C(=O)O)N1C(=O)C(NC(=O)OCC2c3ccccc3-c3ccccc32)COc2ccccc21. The first kappa shape index (κ1) is 22.5. The molecule has 2 unspecified atom stereocenters. The minimum atomic E-state index is -1.17. The van der Waals surface area contributed by atoms with Crippen molar-refractivity contribution in [3.05, 3.63) is 83.9 Å². The smallest absolute Gasteiger partial charge is 0.407 e. The van der Waals surface area contributed by atoms with Crippen molar-refractivity contribution in [3.63, 3.8) is 0 Å². The Bertz CT molecular complexity index is 1260.